The number of carbonyl (C=O) groups excluding carboxylic acids is 2. The van der Waals surface area contributed by atoms with E-state index in [1.165, 1.54) is 0 Å². The molecule has 1 saturated heterocycles. The number of Topliss-reactive ketones (excluding diaryl/α,β-unsaturated/α-hetero) is 1. The minimum atomic E-state index is -2.28. The molecule has 1 aliphatic heterocycles. The Labute approximate surface area is 127 Å². The van der Waals surface area contributed by atoms with Gasteiger partial charge in [-0.15, -0.1) is 0 Å². The van der Waals surface area contributed by atoms with Gasteiger partial charge in [0, 0.05) is 0 Å². The second-order valence-electron chi connectivity index (χ2n) is 5.51. The van der Waals surface area contributed by atoms with E-state index >= 15 is 0 Å². The standard InChI is InChI=1S/C16H16O4Se/c1-11-7-8-16(14(11)17)12(9-20-15(16)18)10-21(19)13-5-3-2-4-6-13/h2-7,12H,8-10H2,1H3. The first kappa shape index (κ1) is 14.4. The topological polar surface area (TPSA) is 60.4 Å². The normalized spacial score (nSPS) is 29.6. The van der Waals surface area contributed by atoms with Crippen LogP contribution in [-0.2, 0) is 18.2 Å². The van der Waals surface area contributed by atoms with E-state index in [1.54, 1.807) is 13.0 Å². The van der Waals surface area contributed by atoms with Gasteiger partial charge in [-0.05, 0) is 0 Å². The maximum atomic E-state index is 12.5. The number of rotatable bonds is 3. The van der Waals surface area contributed by atoms with E-state index in [4.69, 9.17) is 4.74 Å². The van der Waals surface area contributed by atoms with E-state index in [9.17, 15) is 13.4 Å². The van der Waals surface area contributed by atoms with Crippen LogP contribution in [0.3, 0.4) is 0 Å². The Bertz CT molecular complexity index is 650. The minimum absolute atomic E-state index is 0.151. The molecule has 0 saturated carbocycles. The first-order valence-corrected chi connectivity index (χ1v) is 9.64. The average molecular weight is 351 g/mol. The molecule has 0 radical (unpaired) electrons. The van der Waals surface area contributed by atoms with E-state index in [2.05, 4.69) is 0 Å². The third-order valence-electron chi connectivity index (χ3n) is 4.33. The first-order chi connectivity index (χ1) is 10.1. The molecule has 1 aromatic rings. The van der Waals surface area contributed by atoms with Crippen LogP contribution in [-0.4, -0.2) is 32.2 Å². The summed E-state index contributed by atoms with van der Waals surface area (Å²) in [5.74, 6) is -0.881. The summed E-state index contributed by atoms with van der Waals surface area (Å²) in [6, 6.07) is 9.24. The zero-order chi connectivity index (χ0) is 15.0. The molecule has 5 heteroatoms. The maximum absolute atomic E-state index is 12.5. The second-order valence-corrected chi connectivity index (χ2v) is 8.65. The Hall–Kier alpha value is -1.58. The van der Waals surface area contributed by atoms with Crippen molar-refractivity contribution in [2.45, 2.75) is 18.7 Å². The number of esters is 1. The fourth-order valence-corrected chi connectivity index (χ4v) is 5.97. The molecule has 0 aromatic heterocycles. The van der Waals surface area contributed by atoms with E-state index < -0.39 is 25.2 Å². The molecule has 3 unspecified atom stereocenters. The van der Waals surface area contributed by atoms with Crippen molar-refractivity contribution >= 4 is 30.0 Å². The van der Waals surface area contributed by atoms with Gasteiger partial charge in [0.25, 0.3) is 0 Å². The van der Waals surface area contributed by atoms with Crippen LogP contribution in [0.15, 0.2) is 42.0 Å². The summed E-state index contributed by atoms with van der Waals surface area (Å²) in [4.78, 5) is 24.5. The van der Waals surface area contributed by atoms with Crippen molar-refractivity contribution in [1.82, 2.24) is 0 Å². The SMILES string of the molecule is CC1=CCC2(C(=O)OCC2C[Se](=O)c2ccccc2)C1=O. The Balaban J connectivity index is 1.84. The van der Waals surface area contributed by atoms with Crippen molar-refractivity contribution in [2.75, 3.05) is 6.61 Å². The van der Waals surface area contributed by atoms with Crippen LogP contribution >= 0.6 is 0 Å². The molecule has 21 heavy (non-hydrogen) atoms. The number of hydrogen-bond acceptors (Lipinski definition) is 4. The van der Waals surface area contributed by atoms with Crippen molar-refractivity contribution in [3.05, 3.63) is 42.0 Å². The summed E-state index contributed by atoms with van der Waals surface area (Å²) < 4.78 is 18.5. The van der Waals surface area contributed by atoms with E-state index in [1.807, 2.05) is 30.3 Å². The zero-order valence-electron chi connectivity index (χ0n) is 11.7. The number of carbonyl (C=O) groups is 2. The summed E-state index contributed by atoms with van der Waals surface area (Å²) in [6.45, 7) is 1.92. The molecule has 3 atom stereocenters. The van der Waals surface area contributed by atoms with Crippen LogP contribution in [0.2, 0.25) is 5.32 Å². The van der Waals surface area contributed by atoms with Crippen molar-refractivity contribution in [1.29, 1.82) is 0 Å². The molecule has 1 spiro atoms. The molecule has 1 aliphatic carbocycles. The van der Waals surface area contributed by atoms with Crippen LogP contribution in [0.4, 0.5) is 0 Å². The summed E-state index contributed by atoms with van der Waals surface area (Å²) in [5, 5.41) is 0.364. The molecule has 0 amide bonds. The quantitative estimate of drug-likeness (QED) is 0.469. The molecular formula is C16H16O4Se. The van der Waals surface area contributed by atoms with Gasteiger partial charge < -0.3 is 0 Å². The third kappa shape index (κ3) is 2.21. The molecule has 110 valence electrons. The van der Waals surface area contributed by atoms with Crippen LogP contribution in [0.1, 0.15) is 13.3 Å². The fraction of sp³-hybridized carbons (Fsp3) is 0.375. The molecule has 1 heterocycles. The second kappa shape index (κ2) is 5.32. The molecule has 1 fully saturated rings. The predicted molar refractivity (Wildman–Crippen MR) is 77.6 cm³/mol. The summed E-state index contributed by atoms with van der Waals surface area (Å²) in [7, 11) is 0. The third-order valence-corrected chi connectivity index (χ3v) is 7.48. The van der Waals surface area contributed by atoms with Crippen LogP contribution in [0, 0.1) is 11.3 Å². The molecular weight excluding hydrogens is 335 g/mol. The molecule has 2 aliphatic rings. The molecule has 1 aromatic carbocycles. The van der Waals surface area contributed by atoms with Crippen LogP contribution in [0.5, 0.6) is 0 Å². The molecule has 0 bridgehead atoms. The number of cyclic esters (lactones) is 1. The van der Waals surface area contributed by atoms with Crippen molar-refractivity contribution in [2.24, 2.45) is 11.3 Å². The Morgan fingerprint density at radius 2 is 2.00 bits per heavy atom. The predicted octanol–water partition coefficient (Wildman–Crippen LogP) is 1.39. The number of ketones is 1. The summed E-state index contributed by atoms with van der Waals surface area (Å²) in [5.41, 5.74) is -0.494. The van der Waals surface area contributed by atoms with Gasteiger partial charge in [0.15, 0.2) is 0 Å². The van der Waals surface area contributed by atoms with Gasteiger partial charge in [-0.25, -0.2) is 0 Å². The van der Waals surface area contributed by atoms with Crippen LogP contribution < -0.4 is 4.46 Å². The van der Waals surface area contributed by atoms with Gasteiger partial charge in [-0.2, -0.15) is 0 Å². The van der Waals surface area contributed by atoms with Gasteiger partial charge in [-0.3, -0.25) is 0 Å². The number of allylic oxidation sites excluding steroid dienone is 2. The summed E-state index contributed by atoms with van der Waals surface area (Å²) in [6.07, 6.45) is 2.18. The van der Waals surface area contributed by atoms with E-state index in [-0.39, 0.29) is 18.3 Å². The van der Waals surface area contributed by atoms with Crippen molar-refractivity contribution in [3.8, 4) is 0 Å². The Morgan fingerprint density at radius 3 is 2.62 bits per heavy atom. The molecule has 4 nitrogen and oxygen atoms in total. The van der Waals surface area contributed by atoms with E-state index in [0.29, 0.717) is 17.3 Å². The van der Waals surface area contributed by atoms with Crippen LogP contribution in [0.25, 0.3) is 0 Å². The number of hydrogen-bond donors (Lipinski definition) is 0. The van der Waals surface area contributed by atoms with Crippen molar-refractivity contribution < 1.29 is 18.2 Å². The van der Waals surface area contributed by atoms with Gasteiger partial charge in [-0.1, -0.05) is 0 Å². The Kier molecular flexibility index (Phi) is 3.64. The number of benzene rings is 1. The summed E-state index contributed by atoms with van der Waals surface area (Å²) >= 11 is -2.28. The monoisotopic (exact) mass is 352 g/mol. The Morgan fingerprint density at radius 1 is 1.29 bits per heavy atom. The van der Waals surface area contributed by atoms with Gasteiger partial charge in [0.2, 0.25) is 0 Å². The average Bonchev–Trinajstić information content (AvgIpc) is 2.97. The molecule has 3 rings (SSSR count). The van der Waals surface area contributed by atoms with Gasteiger partial charge in [0.05, 0.1) is 0 Å². The molecule has 0 N–H and O–H groups in total. The fourth-order valence-electron chi connectivity index (χ4n) is 3.03. The van der Waals surface area contributed by atoms with Gasteiger partial charge >= 0.3 is 127 Å². The van der Waals surface area contributed by atoms with Crippen molar-refractivity contribution in [3.63, 3.8) is 0 Å². The number of ether oxygens (including phenoxy) is 1. The zero-order valence-corrected chi connectivity index (χ0v) is 13.4. The van der Waals surface area contributed by atoms with Gasteiger partial charge in [0.1, 0.15) is 0 Å². The van der Waals surface area contributed by atoms with E-state index in [0.717, 1.165) is 4.46 Å². The first-order valence-electron chi connectivity index (χ1n) is 6.88.